The van der Waals surface area contributed by atoms with Gasteiger partial charge in [0, 0.05) is 29.2 Å². The number of rotatable bonds is 6. The second-order valence-electron chi connectivity index (χ2n) is 5.56. The fourth-order valence-electron chi connectivity index (χ4n) is 2.29. The topological polar surface area (TPSA) is 72.8 Å². The van der Waals surface area contributed by atoms with E-state index in [0.717, 1.165) is 16.8 Å². The molecule has 0 radical (unpaired) electrons. The normalized spacial score (nSPS) is 10.8. The first-order chi connectivity index (χ1) is 12.5. The van der Waals surface area contributed by atoms with E-state index in [9.17, 15) is 8.78 Å². The Labute approximate surface area is 149 Å². The summed E-state index contributed by atoms with van der Waals surface area (Å²) in [6, 6.07) is 6.77. The summed E-state index contributed by atoms with van der Waals surface area (Å²) in [5, 5.41) is 3.22. The summed E-state index contributed by atoms with van der Waals surface area (Å²) in [6.45, 7) is 1.38. The van der Waals surface area contributed by atoms with Crippen LogP contribution < -0.4 is 10.1 Å². The van der Waals surface area contributed by atoms with Crippen molar-refractivity contribution in [2.45, 2.75) is 27.0 Å². The Morgan fingerprint density at radius 1 is 1.08 bits per heavy atom. The van der Waals surface area contributed by atoms with Crippen LogP contribution in [0, 0.1) is 13.8 Å². The lowest BCUT2D eigenvalue weighted by atomic mass is 10.2. The Kier molecular flexibility index (Phi) is 5.31. The fourth-order valence-corrected chi connectivity index (χ4v) is 2.29. The third kappa shape index (κ3) is 4.27. The highest BCUT2D eigenvalue weighted by molar-refractivity contribution is 5.59. The molecule has 0 bridgehead atoms. The molecular formula is C18H17F2N5O. The maximum absolute atomic E-state index is 12.2. The highest BCUT2D eigenvalue weighted by Gasteiger charge is 2.10. The van der Waals surface area contributed by atoms with Crippen LogP contribution >= 0.6 is 0 Å². The molecule has 0 saturated heterocycles. The van der Waals surface area contributed by atoms with Gasteiger partial charge in [-0.15, -0.1) is 0 Å². The number of nitrogens with zero attached hydrogens (tertiary/aromatic N) is 4. The summed E-state index contributed by atoms with van der Waals surface area (Å²) in [5.74, 6) is 1.32. The molecule has 0 unspecified atom stereocenters. The fraction of sp³-hybridized carbons (Fsp3) is 0.222. The minimum Gasteiger partial charge on any atom is -0.433 e. The first kappa shape index (κ1) is 17.7. The summed E-state index contributed by atoms with van der Waals surface area (Å²) in [4.78, 5) is 17.2. The SMILES string of the molecule is Cc1nc(-c2ccncc2)nc(NCc2ccc(OC(F)F)cn2)c1C. The van der Waals surface area contributed by atoms with Crippen molar-refractivity contribution in [2.75, 3.05) is 5.32 Å². The Morgan fingerprint density at radius 3 is 2.50 bits per heavy atom. The lowest BCUT2D eigenvalue weighted by molar-refractivity contribution is -0.0500. The van der Waals surface area contributed by atoms with Gasteiger partial charge >= 0.3 is 6.61 Å². The van der Waals surface area contributed by atoms with E-state index in [2.05, 4.69) is 30.0 Å². The summed E-state index contributed by atoms with van der Waals surface area (Å²) in [5.41, 5.74) is 3.34. The van der Waals surface area contributed by atoms with Gasteiger partial charge in [0.05, 0.1) is 18.4 Å². The zero-order chi connectivity index (χ0) is 18.5. The average molecular weight is 357 g/mol. The molecule has 3 heterocycles. The molecule has 3 aromatic rings. The molecule has 0 atom stereocenters. The molecule has 0 amide bonds. The van der Waals surface area contributed by atoms with Crippen molar-refractivity contribution in [3.63, 3.8) is 0 Å². The van der Waals surface area contributed by atoms with Crippen LogP contribution in [0.2, 0.25) is 0 Å². The molecule has 26 heavy (non-hydrogen) atoms. The summed E-state index contributed by atoms with van der Waals surface area (Å²) < 4.78 is 28.6. The smallest absolute Gasteiger partial charge is 0.387 e. The zero-order valence-corrected chi connectivity index (χ0v) is 14.3. The van der Waals surface area contributed by atoms with E-state index in [1.807, 2.05) is 26.0 Å². The third-order valence-corrected chi connectivity index (χ3v) is 3.79. The van der Waals surface area contributed by atoms with Crippen LogP contribution in [0.4, 0.5) is 14.6 Å². The largest absolute Gasteiger partial charge is 0.433 e. The van der Waals surface area contributed by atoms with Crippen LogP contribution in [0.15, 0.2) is 42.9 Å². The van der Waals surface area contributed by atoms with Crippen LogP contribution in [0.3, 0.4) is 0 Å². The van der Waals surface area contributed by atoms with E-state index >= 15 is 0 Å². The molecule has 0 aliphatic carbocycles. The second kappa shape index (κ2) is 7.81. The average Bonchev–Trinajstić information content (AvgIpc) is 2.64. The van der Waals surface area contributed by atoms with Crippen LogP contribution in [-0.4, -0.2) is 26.5 Å². The van der Waals surface area contributed by atoms with Gasteiger partial charge in [-0.1, -0.05) is 0 Å². The number of halogens is 2. The van der Waals surface area contributed by atoms with Crippen molar-refractivity contribution in [3.05, 3.63) is 59.8 Å². The minimum atomic E-state index is -2.86. The molecule has 3 aromatic heterocycles. The van der Waals surface area contributed by atoms with Gasteiger partial charge in [0.15, 0.2) is 5.82 Å². The maximum Gasteiger partial charge on any atom is 0.387 e. The minimum absolute atomic E-state index is 0.0257. The van der Waals surface area contributed by atoms with E-state index in [1.54, 1.807) is 18.5 Å². The highest BCUT2D eigenvalue weighted by atomic mass is 19.3. The third-order valence-electron chi connectivity index (χ3n) is 3.79. The van der Waals surface area contributed by atoms with Gasteiger partial charge < -0.3 is 10.1 Å². The lowest BCUT2D eigenvalue weighted by Crippen LogP contribution is -2.08. The first-order valence-corrected chi connectivity index (χ1v) is 7.92. The van der Waals surface area contributed by atoms with Gasteiger partial charge in [-0.25, -0.2) is 9.97 Å². The van der Waals surface area contributed by atoms with Gasteiger partial charge in [0.25, 0.3) is 0 Å². The summed E-state index contributed by atoms with van der Waals surface area (Å²) >= 11 is 0. The van der Waals surface area contributed by atoms with Gasteiger partial charge in [-0.2, -0.15) is 8.78 Å². The first-order valence-electron chi connectivity index (χ1n) is 7.92. The molecular weight excluding hydrogens is 340 g/mol. The Bertz CT molecular complexity index is 873. The van der Waals surface area contributed by atoms with Crippen molar-refractivity contribution in [3.8, 4) is 17.1 Å². The van der Waals surface area contributed by atoms with Gasteiger partial charge in [-0.05, 0) is 38.1 Å². The van der Waals surface area contributed by atoms with E-state index in [0.29, 0.717) is 23.9 Å². The number of aromatic nitrogens is 4. The van der Waals surface area contributed by atoms with Gasteiger partial charge in [0.2, 0.25) is 0 Å². The number of anilines is 1. The van der Waals surface area contributed by atoms with E-state index in [4.69, 9.17) is 0 Å². The monoisotopic (exact) mass is 357 g/mol. The van der Waals surface area contributed by atoms with Gasteiger partial charge in [-0.3, -0.25) is 9.97 Å². The molecule has 0 aliphatic heterocycles. The van der Waals surface area contributed by atoms with E-state index < -0.39 is 6.61 Å². The number of hydrogen-bond acceptors (Lipinski definition) is 6. The number of aryl methyl sites for hydroxylation is 1. The van der Waals surface area contributed by atoms with E-state index in [1.165, 1.54) is 12.3 Å². The molecule has 1 N–H and O–H groups in total. The second-order valence-corrected chi connectivity index (χ2v) is 5.56. The Balaban J connectivity index is 1.76. The predicted molar refractivity (Wildman–Crippen MR) is 92.9 cm³/mol. The number of pyridine rings is 2. The molecule has 3 rings (SSSR count). The molecule has 8 heteroatoms. The molecule has 0 saturated carbocycles. The highest BCUT2D eigenvalue weighted by Crippen LogP contribution is 2.22. The predicted octanol–water partition coefficient (Wildman–Crippen LogP) is 3.76. The molecule has 6 nitrogen and oxygen atoms in total. The standard InChI is InChI=1S/C18H17F2N5O/c1-11-12(2)24-17(13-5-7-21-8-6-13)25-16(11)23-9-14-3-4-15(10-22-14)26-18(19)20/h3-8,10,18H,9H2,1-2H3,(H,23,24,25). The molecule has 0 fully saturated rings. The molecule has 0 aliphatic rings. The number of ether oxygens (including phenoxy) is 1. The van der Waals surface area contributed by atoms with Crippen LogP contribution in [0.5, 0.6) is 5.75 Å². The zero-order valence-electron chi connectivity index (χ0n) is 14.3. The molecule has 0 spiro atoms. The number of alkyl halides is 2. The lowest BCUT2D eigenvalue weighted by Gasteiger charge is -2.12. The van der Waals surface area contributed by atoms with Crippen molar-refractivity contribution in [2.24, 2.45) is 0 Å². The quantitative estimate of drug-likeness (QED) is 0.724. The van der Waals surface area contributed by atoms with Crippen molar-refractivity contribution in [1.29, 1.82) is 0 Å². The van der Waals surface area contributed by atoms with Crippen molar-refractivity contribution in [1.82, 2.24) is 19.9 Å². The van der Waals surface area contributed by atoms with Crippen molar-refractivity contribution >= 4 is 5.82 Å². The van der Waals surface area contributed by atoms with Crippen molar-refractivity contribution < 1.29 is 13.5 Å². The van der Waals surface area contributed by atoms with E-state index in [-0.39, 0.29) is 5.75 Å². The van der Waals surface area contributed by atoms with Crippen LogP contribution in [0.1, 0.15) is 17.0 Å². The maximum atomic E-state index is 12.2. The van der Waals surface area contributed by atoms with Gasteiger partial charge in [0.1, 0.15) is 11.6 Å². The Morgan fingerprint density at radius 2 is 1.85 bits per heavy atom. The molecule has 0 aromatic carbocycles. The Hall–Kier alpha value is -3.16. The molecule has 134 valence electrons. The van der Waals surface area contributed by atoms with Crippen LogP contribution in [0.25, 0.3) is 11.4 Å². The van der Waals surface area contributed by atoms with Crippen LogP contribution in [-0.2, 0) is 6.54 Å². The summed E-state index contributed by atoms with van der Waals surface area (Å²) in [6.07, 6.45) is 4.64. The summed E-state index contributed by atoms with van der Waals surface area (Å²) in [7, 11) is 0. The number of hydrogen-bond donors (Lipinski definition) is 1. The number of nitrogens with one attached hydrogen (secondary N) is 1.